The molecule has 0 spiro atoms. The van der Waals surface area contributed by atoms with Crippen LogP contribution in [0.25, 0.3) is 0 Å². The first-order valence-electron chi connectivity index (χ1n) is 8.77. The SMILES string of the molecule is C=CCN1C(=O)CN(c2ccc(S(=O)(=O)N3CCCC3)cc2OCC#N)C1=O. The lowest BCUT2D eigenvalue weighted by Gasteiger charge is -2.21. The van der Waals surface area contributed by atoms with E-state index >= 15 is 0 Å². The molecule has 0 unspecified atom stereocenters. The van der Waals surface area contributed by atoms with E-state index in [1.807, 2.05) is 6.07 Å². The Labute approximate surface area is 163 Å². The number of rotatable bonds is 7. The van der Waals surface area contributed by atoms with Gasteiger partial charge in [-0.3, -0.25) is 14.6 Å². The van der Waals surface area contributed by atoms with E-state index in [2.05, 4.69) is 6.58 Å². The molecule has 1 aromatic rings. The Balaban J connectivity index is 1.98. The quantitative estimate of drug-likeness (QED) is 0.501. The summed E-state index contributed by atoms with van der Waals surface area (Å²) in [5.41, 5.74) is 0.237. The summed E-state index contributed by atoms with van der Waals surface area (Å²) < 4.78 is 32.4. The highest BCUT2D eigenvalue weighted by atomic mass is 32.2. The second kappa shape index (κ2) is 8.00. The molecule has 9 nitrogen and oxygen atoms in total. The Morgan fingerprint density at radius 1 is 1.25 bits per heavy atom. The van der Waals surface area contributed by atoms with E-state index in [1.54, 1.807) is 0 Å². The van der Waals surface area contributed by atoms with Crippen LogP contribution in [0.3, 0.4) is 0 Å². The van der Waals surface area contributed by atoms with Crippen LogP contribution in [-0.4, -0.2) is 62.3 Å². The monoisotopic (exact) mass is 404 g/mol. The van der Waals surface area contributed by atoms with E-state index in [1.165, 1.54) is 33.5 Å². The molecule has 10 heteroatoms. The van der Waals surface area contributed by atoms with E-state index in [0.717, 1.165) is 17.7 Å². The van der Waals surface area contributed by atoms with Gasteiger partial charge in [-0.1, -0.05) is 6.08 Å². The predicted molar refractivity (Wildman–Crippen MR) is 100 cm³/mol. The maximum atomic E-state index is 12.8. The van der Waals surface area contributed by atoms with Crippen molar-refractivity contribution in [2.75, 3.05) is 37.7 Å². The average molecular weight is 404 g/mol. The summed E-state index contributed by atoms with van der Waals surface area (Å²) in [6.45, 7) is 3.98. The van der Waals surface area contributed by atoms with Gasteiger partial charge >= 0.3 is 6.03 Å². The fraction of sp³-hybridized carbons (Fsp3) is 0.389. The summed E-state index contributed by atoms with van der Waals surface area (Å²) in [6, 6.07) is 5.38. The van der Waals surface area contributed by atoms with Crippen molar-refractivity contribution in [2.24, 2.45) is 0 Å². The van der Waals surface area contributed by atoms with Gasteiger partial charge < -0.3 is 4.74 Å². The molecular weight excluding hydrogens is 384 g/mol. The molecule has 148 valence electrons. The highest BCUT2D eigenvalue weighted by Crippen LogP contribution is 2.35. The van der Waals surface area contributed by atoms with E-state index in [-0.39, 0.29) is 36.0 Å². The van der Waals surface area contributed by atoms with Crippen LogP contribution in [0, 0.1) is 11.3 Å². The van der Waals surface area contributed by atoms with Crippen molar-refractivity contribution in [1.82, 2.24) is 9.21 Å². The van der Waals surface area contributed by atoms with Gasteiger partial charge in [-0.05, 0) is 25.0 Å². The summed E-state index contributed by atoms with van der Waals surface area (Å²) in [5, 5.41) is 8.84. The smallest absolute Gasteiger partial charge is 0.332 e. The zero-order valence-electron chi connectivity index (χ0n) is 15.2. The molecule has 28 heavy (non-hydrogen) atoms. The van der Waals surface area contributed by atoms with Gasteiger partial charge in [0.15, 0.2) is 6.61 Å². The van der Waals surface area contributed by atoms with Crippen LogP contribution in [0.5, 0.6) is 5.75 Å². The summed E-state index contributed by atoms with van der Waals surface area (Å²) in [7, 11) is -3.69. The lowest BCUT2D eigenvalue weighted by atomic mass is 10.2. The van der Waals surface area contributed by atoms with Gasteiger partial charge in [-0.2, -0.15) is 9.57 Å². The first-order chi connectivity index (χ1) is 13.4. The first kappa shape index (κ1) is 19.9. The molecular formula is C18H20N4O5S. The summed E-state index contributed by atoms with van der Waals surface area (Å²) in [6.07, 6.45) is 3.05. The Hall–Kier alpha value is -2.90. The zero-order valence-corrected chi connectivity index (χ0v) is 16.0. The normalized spacial score (nSPS) is 17.8. The van der Waals surface area contributed by atoms with Crippen molar-refractivity contribution in [2.45, 2.75) is 17.7 Å². The highest BCUT2D eigenvalue weighted by Gasteiger charge is 2.38. The molecule has 0 saturated carbocycles. The summed E-state index contributed by atoms with van der Waals surface area (Å²) in [4.78, 5) is 26.9. The number of benzene rings is 1. The van der Waals surface area contributed by atoms with Crippen molar-refractivity contribution in [1.29, 1.82) is 5.26 Å². The number of anilines is 1. The van der Waals surface area contributed by atoms with E-state index < -0.39 is 22.0 Å². The number of nitriles is 1. The van der Waals surface area contributed by atoms with Crippen molar-refractivity contribution < 1.29 is 22.7 Å². The molecule has 2 saturated heterocycles. The minimum atomic E-state index is -3.69. The molecule has 2 aliphatic heterocycles. The van der Waals surface area contributed by atoms with E-state index in [4.69, 9.17) is 10.00 Å². The van der Waals surface area contributed by atoms with Crippen LogP contribution in [0.4, 0.5) is 10.5 Å². The molecule has 2 fully saturated rings. The number of urea groups is 1. The van der Waals surface area contributed by atoms with Crippen molar-refractivity contribution in [3.05, 3.63) is 30.9 Å². The third-order valence-electron chi connectivity index (χ3n) is 4.59. The molecule has 3 rings (SSSR count). The maximum Gasteiger partial charge on any atom is 0.332 e. The predicted octanol–water partition coefficient (Wildman–Crippen LogP) is 1.33. The lowest BCUT2D eigenvalue weighted by molar-refractivity contribution is -0.124. The van der Waals surface area contributed by atoms with Crippen LogP contribution in [0.1, 0.15) is 12.8 Å². The number of imide groups is 1. The van der Waals surface area contributed by atoms with Crippen molar-refractivity contribution >= 4 is 27.6 Å². The van der Waals surface area contributed by atoms with Crippen molar-refractivity contribution in [3.8, 4) is 11.8 Å². The Morgan fingerprint density at radius 3 is 2.61 bits per heavy atom. The number of ether oxygens (including phenoxy) is 1. The summed E-state index contributed by atoms with van der Waals surface area (Å²) in [5.74, 6) is -0.340. The van der Waals surface area contributed by atoms with Gasteiger partial charge in [-0.15, -0.1) is 6.58 Å². The number of sulfonamides is 1. The topological polar surface area (TPSA) is 111 Å². The number of nitrogens with zero attached hydrogens (tertiary/aromatic N) is 4. The second-order valence-corrected chi connectivity index (χ2v) is 8.29. The fourth-order valence-corrected chi connectivity index (χ4v) is 4.75. The Bertz CT molecular complexity index is 947. The average Bonchev–Trinajstić information content (AvgIpc) is 3.31. The molecule has 1 aromatic carbocycles. The minimum Gasteiger partial charge on any atom is -0.477 e. The number of carbonyl (C=O) groups excluding carboxylic acids is 2. The number of hydrogen-bond acceptors (Lipinski definition) is 6. The molecule has 2 aliphatic rings. The van der Waals surface area contributed by atoms with Gasteiger partial charge in [0.2, 0.25) is 10.0 Å². The molecule has 3 amide bonds. The third-order valence-corrected chi connectivity index (χ3v) is 6.48. The largest absolute Gasteiger partial charge is 0.477 e. The van der Waals surface area contributed by atoms with Crippen LogP contribution in [-0.2, 0) is 14.8 Å². The standard InChI is InChI=1S/C18H20N4O5S/c1-2-8-21-17(23)13-22(18(21)24)15-6-5-14(12-16(15)27-11-7-19)28(25,26)20-9-3-4-10-20/h2,5-6,12H,1,3-4,8-11,13H2. The number of amides is 3. The molecule has 0 aromatic heterocycles. The zero-order chi connectivity index (χ0) is 20.3. The van der Waals surface area contributed by atoms with Crippen molar-refractivity contribution in [3.63, 3.8) is 0 Å². The van der Waals surface area contributed by atoms with E-state index in [9.17, 15) is 18.0 Å². The highest BCUT2D eigenvalue weighted by molar-refractivity contribution is 7.89. The molecule has 0 bridgehead atoms. The van der Waals surface area contributed by atoms with E-state index in [0.29, 0.717) is 13.1 Å². The fourth-order valence-electron chi connectivity index (χ4n) is 3.22. The number of hydrogen-bond donors (Lipinski definition) is 0. The van der Waals surface area contributed by atoms with Gasteiger partial charge in [0, 0.05) is 25.7 Å². The molecule has 0 radical (unpaired) electrons. The Morgan fingerprint density at radius 2 is 1.96 bits per heavy atom. The minimum absolute atomic E-state index is 0.0204. The van der Waals surface area contributed by atoms with Crippen LogP contribution in [0.15, 0.2) is 35.7 Å². The molecule has 0 N–H and O–H groups in total. The third kappa shape index (κ3) is 3.58. The van der Waals surface area contributed by atoms with Gasteiger partial charge in [0.25, 0.3) is 5.91 Å². The molecule has 0 atom stereocenters. The maximum absolute atomic E-state index is 12.8. The van der Waals surface area contributed by atoms with Crippen LogP contribution < -0.4 is 9.64 Å². The van der Waals surface area contributed by atoms with Gasteiger partial charge in [0.1, 0.15) is 18.4 Å². The van der Waals surface area contributed by atoms with Gasteiger partial charge in [0.05, 0.1) is 10.6 Å². The van der Waals surface area contributed by atoms with Crippen LogP contribution >= 0.6 is 0 Å². The molecule has 0 aliphatic carbocycles. The van der Waals surface area contributed by atoms with Crippen LogP contribution in [0.2, 0.25) is 0 Å². The van der Waals surface area contributed by atoms with Gasteiger partial charge in [-0.25, -0.2) is 13.2 Å². The first-order valence-corrected chi connectivity index (χ1v) is 10.2. The second-order valence-electron chi connectivity index (χ2n) is 6.35. The summed E-state index contributed by atoms with van der Waals surface area (Å²) >= 11 is 0. The lowest BCUT2D eigenvalue weighted by Crippen LogP contribution is -2.33. The number of carbonyl (C=O) groups is 2. The molecule has 2 heterocycles. The Kier molecular flexibility index (Phi) is 5.67.